The zero-order valence-electron chi connectivity index (χ0n) is 19.8. The number of unbranched alkanes of at least 4 members (excludes halogenated alkanes) is 4. The Morgan fingerprint density at radius 3 is 1.28 bits per heavy atom. The summed E-state index contributed by atoms with van der Waals surface area (Å²) in [5.74, 6) is 0.752. The highest BCUT2D eigenvalue weighted by Crippen LogP contribution is 2.25. The van der Waals surface area contributed by atoms with Gasteiger partial charge in [0.05, 0.1) is 5.76 Å². The summed E-state index contributed by atoms with van der Waals surface area (Å²) in [5, 5.41) is 0. The molecule has 0 bridgehead atoms. The molecule has 0 saturated carbocycles. The van der Waals surface area contributed by atoms with Crippen LogP contribution in [0.1, 0.15) is 80.1 Å². The van der Waals surface area contributed by atoms with Crippen LogP contribution >= 0.6 is 0 Å². The Morgan fingerprint density at radius 2 is 0.897 bits per heavy atom. The fourth-order valence-corrected chi connectivity index (χ4v) is 8.67. The summed E-state index contributed by atoms with van der Waals surface area (Å²) in [7, 11) is -5.16. The Labute approximate surface area is 182 Å². The quantitative estimate of drug-likeness (QED) is 0.123. The largest absolute Gasteiger partial charge is 0.565 e. The van der Waals surface area contributed by atoms with Crippen LogP contribution in [-0.2, 0) is 26.6 Å². The second-order valence-electron chi connectivity index (χ2n) is 6.79. The van der Waals surface area contributed by atoms with Crippen LogP contribution in [0.15, 0.2) is 12.3 Å². The molecule has 8 heteroatoms. The minimum Gasteiger partial charge on any atom is -0.505 e. The topological polar surface area (TPSA) is 55.4 Å². The molecule has 0 aliphatic carbocycles. The van der Waals surface area contributed by atoms with E-state index in [1.807, 2.05) is 41.5 Å². The van der Waals surface area contributed by atoms with Crippen LogP contribution in [0.2, 0.25) is 12.1 Å². The van der Waals surface area contributed by atoms with Crippen LogP contribution in [0.5, 0.6) is 0 Å². The maximum absolute atomic E-state index is 6.08. The first kappa shape index (κ1) is 28.8. The lowest BCUT2D eigenvalue weighted by molar-refractivity contribution is 0.0706. The molecule has 0 aliphatic heterocycles. The molecule has 0 fully saturated rings. The Kier molecular flexibility index (Phi) is 17.3. The van der Waals surface area contributed by atoms with Gasteiger partial charge in [-0.1, -0.05) is 32.8 Å². The van der Waals surface area contributed by atoms with E-state index in [0.29, 0.717) is 33.0 Å². The van der Waals surface area contributed by atoms with Crippen LogP contribution in [-0.4, -0.2) is 50.6 Å². The number of hydrogen-bond donors (Lipinski definition) is 0. The third-order valence-electron chi connectivity index (χ3n) is 4.48. The van der Waals surface area contributed by atoms with E-state index < -0.39 is 17.6 Å². The van der Waals surface area contributed by atoms with Crippen molar-refractivity contribution in [2.45, 2.75) is 92.2 Å². The van der Waals surface area contributed by atoms with Gasteiger partial charge in [0.25, 0.3) is 0 Å². The van der Waals surface area contributed by atoms with Crippen molar-refractivity contribution in [3.63, 3.8) is 0 Å². The zero-order valence-corrected chi connectivity index (χ0v) is 21.8. The van der Waals surface area contributed by atoms with Crippen LogP contribution < -0.4 is 0 Å². The molecular formula is C21H46O6Si2. The molecule has 0 rings (SSSR count). The van der Waals surface area contributed by atoms with E-state index in [2.05, 4.69) is 6.58 Å². The van der Waals surface area contributed by atoms with Gasteiger partial charge in [-0.3, -0.25) is 0 Å². The van der Waals surface area contributed by atoms with Crippen LogP contribution in [0, 0.1) is 0 Å². The molecule has 174 valence electrons. The molecule has 0 aromatic heterocycles. The summed E-state index contributed by atoms with van der Waals surface area (Å²) in [6.45, 7) is 19.1. The first-order chi connectivity index (χ1) is 14.0. The molecular weight excluding hydrogens is 404 g/mol. The van der Waals surface area contributed by atoms with E-state index in [1.165, 1.54) is 0 Å². The average Bonchev–Trinajstić information content (AvgIpc) is 2.68. The zero-order chi connectivity index (χ0) is 22.0. The first-order valence-electron chi connectivity index (χ1n) is 11.5. The van der Waals surface area contributed by atoms with Gasteiger partial charge in [-0.25, -0.2) is 0 Å². The monoisotopic (exact) mass is 450 g/mol. The Bertz CT molecular complexity index is 386. The van der Waals surface area contributed by atoms with E-state index >= 15 is 0 Å². The van der Waals surface area contributed by atoms with E-state index in [9.17, 15) is 0 Å². The van der Waals surface area contributed by atoms with E-state index in [4.69, 9.17) is 26.6 Å². The number of hydrogen-bond acceptors (Lipinski definition) is 6. The molecule has 0 spiro atoms. The number of rotatable bonds is 21. The lowest BCUT2D eigenvalue weighted by atomic mass is 10.2. The highest BCUT2D eigenvalue weighted by atomic mass is 28.4. The molecule has 0 aliphatic rings. The SMILES string of the molecule is C=C(CC)O[Si](CCCCCCC[Si](OCC)(OCC)OCC)(OCC)OCC. The molecule has 0 unspecified atom stereocenters. The first-order valence-corrected chi connectivity index (χ1v) is 15.4. The van der Waals surface area contributed by atoms with Crippen molar-refractivity contribution >= 4 is 17.6 Å². The van der Waals surface area contributed by atoms with Crippen molar-refractivity contribution in [1.82, 2.24) is 0 Å². The van der Waals surface area contributed by atoms with Gasteiger partial charge < -0.3 is 26.6 Å². The lowest BCUT2D eigenvalue weighted by Crippen LogP contribution is -2.45. The van der Waals surface area contributed by atoms with Crippen molar-refractivity contribution < 1.29 is 26.6 Å². The second-order valence-corrected chi connectivity index (χ2v) is 12.2. The molecule has 6 nitrogen and oxygen atoms in total. The predicted molar refractivity (Wildman–Crippen MR) is 123 cm³/mol. The van der Waals surface area contributed by atoms with Gasteiger partial charge in [-0.2, -0.15) is 0 Å². The van der Waals surface area contributed by atoms with Gasteiger partial charge in [-0.15, -0.1) is 0 Å². The van der Waals surface area contributed by atoms with E-state index in [-0.39, 0.29) is 0 Å². The molecule has 0 amide bonds. The summed E-state index contributed by atoms with van der Waals surface area (Å²) >= 11 is 0. The molecule has 0 radical (unpaired) electrons. The summed E-state index contributed by atoms with van der Waals surface area (Å²) in [6.07, 6.45) is 6.31. The summed E-state index contributed by atoms with van der Waals surface area (Å²) in [5.41, 5.74) is 0. The number of allylic oxidation sites excluding steroid dienone is 1. The molecule has 0 atom stereocenters. The Balaban J connectivity index is 4.42. The molecule has 0 aromatic rings. The normalized spacial score (nSPS) is 12.3. The molecule has 29 heavy (non-hydrogen) atoms. The van der Waals surface area contributed by atoms with Gasteiger partial charge in [0.1, 0.15) is 0 Å². The van der Waals surface area contributed by atoms with Crippen molar-refractivity contribution in [2.24, 2.45) is 0 Å². The minimum atomic E-state index is -2.66. The van der Waals surface area contributed by atoms with Crippen molar-refractivity contribution in [1.29, 1.82) is 0 Å². The average molecular weight is 451 g/mol. The maximum Gasteiger partial charge on any atom is 0.565 e. The van der Waals surface area contributed by atoms with Crippen LogP contribution in [0.4, 0.5) is 0 Å². The van der Waals surface area contributed by atoms with Gasteiger partial charge in [-0.05, 0) is 47.5 Å². The highest BCUT2D eigenvalue weighted by Gasteiger charge is 2.42. The smallest absolute Gasteiger partial charge is 0.505 e. The van der Waals surface area contributed by atoms with Crippen molar-refractivity contribution in [3.8, 4) is 0 Å². The second kappa shape index (κ2) is 17.5. The van der Waals surface area contributed by atoms with Crippen LogP contribution in [0.3, 0.4) is 0 Å². The van der Waals surface area contributed by atoms with Gasteiger partial charge in [0.2, 0.25) is 0 Å². The van der Waals surface area contributed by atoms with Crippen molar-refractivity contribution in [2.75, 3.05) is 33.0 Å². The minimum absolute atomic E-state index is 0.599. The maximum atomic E-state index is 6.08. The standard InChI is InChI=1S/C21H46O6Si2/c1-8-21(7)27-29(25-12-5,26-13-6)20-18-16-14-15-17-19-28(22-9-2,23-10-3)24-11-4/h7-20H2,1-6H3. The molecule has 0 saturated heterocycles. The predicted octanol–water partition coefficient (Wildman–Crippen LogP) is 5.94. The third kappa shape index (κ3) is 12.3. The van der Waals surface area contributed by atoms with E-state index in [1.54, 1.807) is 0 Å². The Hall–Kier alpha value is -0.226. The highest BCUT2D eigenvalue weighted by molar-refractivity contribution is 6.61. The van der Waals surface area contributed by atoms with Gasteiger partial charge in [0.15, 0.2) is 0 Å². The molecule has 0 aromatic carbocycles. The summed E-state index contributed by atoms with van der Waals surface area (Å²) < 4.78 is 35.8. The fourth-order valence-electron chi connectivity index (χ4n) is 3.24. The fraction of sp³-hybridized carbons (Fsp3) is 0.905. The van der Waals surface area contributed by atoms with E-state index in [0.717, 1.165) is 56.4 Å². The van der Waals surface area contributed by atoms with Gasteiger partial charge >= 0.3 is 17.6 Å². The molecule has 0 heterocycles. The lowest BCUT2D eigenvalue weighted by Gasteiger charge is -2.30. The summed E-state index contributed by atoms with van der Waals surface area (Å²) in [4.78, 5) is 0. The molecule has 0 N–H and O–H groups in total. The van der Waals surface area contributed by atoms with Crippen molar-refractivity contribution in [3.05, 3.63) is 12.3 Å². The van der Waals surface area contributed by atoms with Crippen LogP contribution in [0.25, 0.3) is 0 Å². The van der Waals surface area contributed by atoms with Gasteiger partial charge in [0, 0.05) is 51.5 Å². The Morgan fingerprint density at radius 1 is 0.552 bits per heavy atom. The third-order valence-corrected chi connectivity index (χ3v) is 10.7. The summed E-state index contributed by atoms with van der Waals surface area (Å²) in [6, 6.07) is 1.72.